The molecule has 0 aromatic carbocycles. The number of carboxylic acids is 1. The van der Waals surface area contributed by atoms with Crippen LogP contribution < -0.4 is 5.32 Å². The van der Waals surface area contributed by atoms with E-state index in [-0.39, 0.29) is 23.3 Å². The van der Waals surface area contributed by atoms with Crippen molar-refractivity contribution < 1.29 is 14.7 Å². The molecule has 110 valence electrons. The van der Waals surface area contributed by atoms with Crippen molar-refractivity contribution >= 4 is 23.2 Å². The van der Waals surface area contributed by atoms with E-state index >= 15 is 0 Å². The zero-order valence-corrected chi connectivity index (χ0v) is 12.7. The zero-order chi connectivity index (χ0) is 14.8. The Morgan fingerprint density at radius 2 is 1.85 bits per heavy atom. The van der Waals surface area contributed by atoms with Crippen molar-refractivity contribution in [1.82, 2.24) is 5.32 Å². The SMILES string of the molecule is CC(C)(NC(=O)C1CCC(C(=O)O)CC1)c1cccs1. The van der Waals surface area contributed by atoms with Crippen LogP contribution in [0.4, 0.5) is 0 Å². The molecular formula is C15H21NO3S. The van der Waals surface area contributed by atoms with Crippen LogP contribution in [-0.4, -0.2) is 17.0 Å². The molecule has 1 aromatic rings. The second kappa shape index (κ2) is 5.95. The maximum Gasteiger partial charge on any atom is 0.306 e. The Hall–Kier alpha value is -1.36. The predicted octanol–water partition coefficient (Wildman–Crippen LogP) is 2.99. The van der Waals surface area contributed by atoms with Gasteiger partial charge in [0.25, 0.3) is 0 Å². The van der Waals surface area contributed by atoms with Crippen LogP contribution in [0.2, 0.25) is 0 Å². The summed E-state index contributed by atoms with van der Waals surface area (Å²) in [5.41, 5.74) is -0.366. The van der Waals surface area contributed by atoms with Gasteiger partial charge in [-0.15, -0.1) is 11.3 Å². The molecule has 1 aliphatic rings. The van der Waals surface area contributed by atoms with E-state index in [0.29, 0.717) is 25.7 Å². The van der Waals surface area contributed by atoms with Crippen molar-refractivity contribution in [3.8, 4) is 0 Å². The van der Waals surface area contributed by atoms with Gasteiger partial charge in [-0.25, -0.2) is 0 Å². The van der Waals surface area contributed by atoms with Crippen LogP contribution in [0.15, 0.2) is 17.5 Å². The molecular weight excluding hydrogens is 274 g/mol. The monoisotopic (exact) mass is 295 g/mol. The first kappa shape index (κ1) is 15.0. The number of thiophene rings is 1. The third kappa shape index (κ3) is 3.39. The summed E-state index contributed by atoms with van der Waals surface area (Å²) in [6, 6.07) is 4.00. The van der Waals surface area contributed by atoms with E-state index in [0.717, 1.165) is 4.88 Å². The molecule has 2 N–H and O–H groups in total. The van der Waals surface area contributed by atoms with Gasteiger partial charge in [0.1, 0.15) is 0 Å². The van der Waals surface area contributed by atoms with Crippen LogP contribution in [0.5, 0.6) is 0 Å². The lowest BCUT2D eigenvalue weighted by molar-refractivity contribution is -0.144. The van der Waals surface area contributed by atoms with E-state index in [1.165, 1.54) is 0 Å². The smallest absolute Gasteiger partial charge is 0.306 e. The first-order valence-corrected chi connectivity index (χ1v) is 7.87. The van der Waals surface area contributed by atoms with E-state index in [1.807, 2.05) is 31.4 Å². The standard InChI is InChI=1S/C15H21NO3S/c1-15(2,12-4-3-9-20-12)16-13(17)10-5-7-11(8-6-10)14(18)19/h3-4,9-11H,5-8H2,1-2H3,(H,16,17)(H,18,19). The minimum absolute atomic E-state index is 0.0484. The first-order valence-electron chi connectivity index (χ1n) is 6.99. The summed E-state index contributed by atoms with van der Waals surface area (Å²) in [6.07, 6.45) is 2.55. The van der Waals surface area contributed by atoms with Crippen LogP contribution in [-0.2, 0) is 15.1 Å². The molecule has 1 fully saturated rings. The summed E-state index contributed by atoms with van der Waals surface area (Å²) in [7, 11) is 0. The average molecular weight is 295 g/mol. The largest absolute Gasteiger partial charge is 0.481 e. The lowest BCUT2D eigenvalue weighted by atomic mass is 9.81. The van der Waals surface area contributed by atoms with Crippen LogP contribution >= 0.6 is 11.3 Å². The molecule has 1 amide bonds. The summed E-state index contributed by atoms with van der Waals surface area (Å²) < 4.78 is 0. The van der Waals surface area contributed by atoms with Crippen LogP contribution in [0.25, 0.3) is 0 Å². The highest BCUT2D eigenvalue weighted by atomic mass is 32.1. The molecule has 0 aliphatic heterocycles. The van der Waals surface area contributed by atoms with E-state index in [9.17, 15) is 9.59 Å². The molecule has 0 atom stereocenters. The van der Waals surface area contributed by atoms with Crippen LogP contribution in [0.1, 0.15) is 44.4 Å². The third-order valence-electron chi connectivity index (χ3n) is 4.02. The van der Waals surface area contributed by atoms with Crippen molar-refractivity contribution in [1.29, 1.82) is 0 Å². The Balaban J connectivity index is 1.91. The van der Waals surface area contributed by atoms with Gasteiger partial charge in [-0.05, 0) is 51.0 Å². The number of hydrogen-bond donors (Lipinski definition) is 2. The molecule has 1 heterocycles. The normalized spacial score (nSPS) is 23.3. The van der Waals surface area contributed by atoms with Crippen LogP contribution in [0.3, 0.4) is 0 Å². The summed E-state index contributed by atoms with van der Waals surface area (Å²) >= 11 is 1.63. The Morgan fingerprint density at radius 1 is 1.25 bits per heavy atom. The summed E-state index contributed by atoms with van der Waals surface area (Å²) in [5, 5.41) is 14.1. The van der Waals surface area contributed by atoms with Gasteiger partial charge in [0, 0.05) is 10.8 Å². The second-order valence-electron chi connectivity index (χ2n) is 5.98. The lowest BCUT2D eigenvalue weighted by Gasteiger charge is -2.30. The van der Waals surface area contributed by atoms with E-state index in [2.05, 4.69) is 5.32 Å². The number of nitrogens with one attached hydrogen (secondary N) is 1. The van der Waals surface area contributed by atoms with Crippen molar-refractivity contribution in [3.63, 3.8) is 0 Å². The number of rotatable bonds is 4. The molecule has 4 nitrogen and oxygen atoms in total. The number of amides is 1. The van der Waals surface area contributed by atoms with Gasteiger partial charge in [-0.3, -0.25) is 9.59 Å². The number of carboxylic acid groups (broad SMARTS) is 1. The van der Waals surface area contributed by atoms with E-state index in [4.69, 9.17) is 5.11 Å². The highest BCUT2D eigenvalue weighted by Crippen LogP contribution is 2.31. The minimum Gasteiger partial charge on any atom is -0.481 e. The fourth-order valence-corrected chi connectivity index (χ4v) is 3.51. The number of hydrogen-bond acceptors (Lipinski definition) is 3. The summed E-state index contributed by atoms with van der Waals surface area (Å²) in [5.74, 6) is -1.01. The van der Waals surface area contributed by atoms with Gasteiger partial charge in [-0.2, -0.15) is 0 Å². The van der Waals surface area contributed by atoms with E-state index in [1.54, 1.807) is 11.3 Å². The lowest BCUT2D eigenvalue weighted by Crippen LogP contribution is -2.44. The molecule has 0 spiro atoms. The Kier molecular flexibility index (Phi) is 4.48. The molecule has 0 bridgehead atoms. The zero-order valence-electron chi connectivity index (χ0n) is 11.9. The molecule has 1 aromatic heterocycles. The molecule has 0 radical (unpaired) electrons. The van der Waals surface area contributed by atoms with Gasteiger partial charge < -0.3 is 10.4 Å². The Morgan fingerprint density at radius 3 is 2.35 bits per heavy atom. The molecule has 2 rings (SSSR count). The molecule has 1 aliphatic carbocycles. The highest BCUT2D eigenvalue weighted by molar-refractivity contribution is 7.10. The van der Waals surface area contributed by atoms with Crippen molar-refractivity contribution in [3.05, 3.63) is 22.4 Å². The van der Waals surface area contributed by atoms with Gasteiger partial charge >= 0.3 is 5.97 Å². The maximum atomic E-state index is 12.3. The van der Waals surface area contributed by atoms with Crippen molar-refractivity contribution in [2.24, 2.45) is 11.8 Å². The summed E-state index contributed by atoms with van der Waals surface area (Å²) in [4.78, 5) is 24.4. The third-order valence-corrected chi connectivity index (χ3v) is 5.21. The van der Waals surface area contributed by atoms with Gasteiger partial charge in [0.2, 0.25) is 5.91 Å². The first-order chi connectivity index (χ1) is 9.40. The maximum absolute atomic E-state index is 12.3. The van der Waals surface area contributed by atoms with Gasteiger partial charge in [0.15, 0.2) is 0 Å². The quantitative estimate of drug-likeness (QED) is 0.897. The Labute approximate surface area is 123 Å². The molecule has 20 heavy (non-hydrogen) atoms. The highest BCUT2D eigenvalue weighted by Gasteiger charge is 2.32. The minimum atomic E-state index is -0.734. The molecule has 1 saturated carbocycles. The van der Waals surface area contributed by atoms with Crippen molar-refractivity contribution in [2.45, 2.75) is 45.1 Å². The summed E-state index contributed by atoms with van der Waals surface area (Å²) in [6.45, 7) is 4.00. The predicted molar refractivity (Wildman–Crippen MR) is 78.6 cm³/mol. The average Bonchev–Trinajstić information content (AvgIpc) is 2.93. The fraction of sp³-hybridized carbons (Fsp3) is 0.600. The number of aliphatic carboxylic acids is 1. The molecule has 5 heteroatoms. The topological polar surface area (TPSA) is 66.4 Å². The second-order valence-corrected chi connectivity index (χ2v) is 6.93. The molecule has 0 unspecified atom stereocenters. The van der Waals surface area contributed by atoms with Gasteiger partial charge in [0.05, 0.1) is 11.5 Å². The number of carbonyl (C=O) groups excluding carboxylic acids is 1. The van der Waals surface area contributed by atoms with Gasteiger partial charge in [-0.1, -0.05) is 6.07 Å². The van der Waals surface area contributed by atoms with Crippen LogP contribution in [0, 0.1) is 11.8 Å². The fourth-order valence-electron chi connectivity index (χ4n) is 2.71. The molecule has 0 saturated heterocycles. The number of carbonyl (C=O) groups is 2. The Bertz CT molecular complexity index is 473. The van der Waals surface area contributed by atoms with E-state index < -0.39 is 5.97 Å². The van der Waals surface area contributed by atoms with Crippen molar-refractivity contribution in [2.75, 3.05) is 0 Å².